The minimum absolute atomic E-state index is 0.491. The summed E-state index contributed by atoms with van der Waals surface area (Å²) in [6.45, 7) is 2.90. The van der Waals surface area contributed by atoms with Crippen molar-refractivity contribution >= 4 is 5.69 Å². The van der Waals surface area contributed by atoms with E-state index in [1.165, 1.54) is 23.4 Å². The summed E-state index contributed by atoms with van der Waals surface area (Å²) in [4.78, 5) is 2.43. The molecule has 2 nitrogen and oxygen atoms in total. The van der Waals surface area contributed by atoms with Crippen molar-refractivity contribution in [2.75, 3.05) is 24.5 Å². The number of nitrogens with one attached hydrogen (secondary N) is 1. The second-order valence-corrected chi connectivity index (χ2v) is 6.48. The Morgan fingerprint density at radius 2 is 1.79 bits per heavy atom. The zero-order chi connectivity index (χ0) is 16.7. The minimum Gasteiger partial charge on any atom is -0.366 e. The molecule has 0 aromatic heterocycles. The molecule has 0 radical (unpaired) electrons. The smallest absolute Gasteiger partial charge is 0.366 e. The lowest BCUT2D eigenvalue weighted by Crippen LogP contribution is -2.33. The second-order valence-electron chi connectivity index (χ2n) is 6.48. The van der Waals surface area contributed by atoms with Crippen LogP contribution in [-0.2, 0) is 12.6 Å². The van der Waals surface area contributed by atoms with Gasteiger partial charge in [0.25, 0.3) is 0 Å². The van der Waals surface area contributed by atoms with Crippen LogP contribution >= 0.6 is 0 Å². The van der Waals surface area contributed by atoms with Crippen LogP contribution in [0.4, 0.5) is 18.9 Å². The van der Waals surface area contributed by atoms with E-state index >= 15 is 0 Å². The summed E-state index contributed by atoms with van der Waals surface area (Å²) in [6.07, 6.45) is -2.18. The Morgan fingerprint density at radius 3 is 2.54 bits per heavy atom. The van der Waals surface area contributed by atoms with Gasteiger partial charge < -0.3 is 10.2 Å². The van der Waals surface area contributed by atoms with Crippen LogP contribution in [0, 0.1) is 0 Å². The molecule has 2 heterocycles. The van der Waals surface area contributed by atoms with Crippen molar-refractivity contribution in [2.45, 2.75) is 25.1 Å². The average Bonchev–Trinajstić information content (AvgIpc) is 2.76. The van der Waals surface area contributed by atoms with Crippen molar-refractivity contribution in [2.24, 2.45) is 0 Å². The molecule has 5 heteroatoms. The van der Waals surface area contributed by atoms with E-state index in [4.69, 9.17) is 0 Å². The van der Waals surface area contributed by atoms with Crippen LogP contribution in [0.5, 0.6) is 0 Å². The fourth-order valence-corrected chi connectivity index (χ4v) is 3.86. The molecule has 2 aromatic carbocycles. The first-order valence-electron chi connectivity index (χ1n) is 8.31. The van der Waals surface area contributed by atoms with E-state index in [0.717, 1.165) is 43.6 Å². The summed E-state index contributed by atoms with van der Waals surface area (Å²) in [6, 6.07) is 12.2. The van der Waals surface area contributed by atoms with Crippen LogP contribution in [0.3, 0.4) is 0 Å². The first-order valence-corrected chi connectivity index (χ1v) is 8.31. The van der Waals surface area contributed by atoms with Gasteiger partial charge >= 0.3 is 6.18 Å². The van der Waals surface area contributed by atoms with Crippen molar-refractivity contribution in [3.05, 3.63) is 53.6 Å². The number of alkyl halides is 3. The maximum absolute atomic E-state index is 12.8. The van der Waals surface area contributed by atoms with Gasteiger partial charge in [0.1, 0.15) is 0 Å². The number of halogens is 3. The fraction of sp³-hybridized carbons (Fsp3) is 0.368. The quantitative estimate of drug-likeness (QED) is 0.846. The highest BCUT2D eigenvalue weighted by Gasteiger charge is 2.33. The Hall–Kier alpha value is -2.01. The molecule has 0 saturated carbocycles. The summed E-state index contributed by atoms with van der Waals surface area (Å²) in [5.74, 6) is 0. The highest BCUT2D eigenvalue weighted by molar-refractivity contribution is 5.83. The first kappa shape index (κ1) is 15.5. The van der Waals surface area contributed by atoms with E-state index in [1.54, 1.807) is 12.1 Å². The second kappa shape index (κ2) is 5.81. The number of fused-ring (bicyclic) bond motifs is 3. The number of rotatable bonds is 1. The molecule has 24 heavy (non-hydrogen) atoms. The Labute approximate surface area is 139 Å². The highest BCUT2D eigenvalue weighted by atomic mass is 19.4. The van der Waals surface area contributed by atoms with Gasteiger partial charge in [-0.15, -0.1) is 0 Å². The number of anilines is 1. The van der Waals surface area contributed by atoms with Crippen molar-refractivity contribution in [1.29, 1.82) is 0 Å². The Morgan fingerprint density at radius 1 is 1.00 bits per heavy atom. The third-order valence-electron chi connectivity index (χ3n) is 5.01. The largest absolute Gasteiger partial charge is 0.416 e. The first-order chi connectivity index (χ1) is 11.5. The molecule has 4 rings (SSSR count). The normalized spacial score (nSPS) is 20.5. The number of para-hydroxylation sites is 1. The standard InChI is InChI=1S/C19H19F3N2/c20-19(21,22)15-6-4-13(5-7-15)17-3-1-2-14-12-16-8-9-23-10-11-24(16)18(14)17/h1-7,16,23H,8-12H2. The lowest BCUT2D eigenvalue weighted by molar-refractivity contribution is -0.137. The number of hydrogen-bond donors (Lipinski definition) is 1. The summed E-state index contributed by atoms with van der Waals surface area (Å²) >= 11 is 0. The number of hydrogen-bond acceptors (Lipinski definition) is 2. The van der Waals surface area contributed by atoms with Crippen molar-refractivity contribution in [3.8, 4) is 11.1 Å². The third-order valence-corrected chi connectivity index (χ3v) is 5.01. The summed E-state index contributed by atoms with van der Waals surface area (Å²) in [7, 11) is 0. The molecular weight excluding hydrogens is 313 g/mol. The molecule has 2 aromatic rings. The van der Waals surface area contributed by atoms with Gasteiger partial charge in [-0.25, -0.2) is 0 Å². The zero-order valence-corrected chi connectivity index (χ0v) is 13.2. The molecule has 0 aliphatic carbocycles. The van der Waals surface area contributed by atoms with E-state index < -0.39 is 11.7 Å². The topological polar surface area (TPSA) is 15.3 Å². The fourth-order valence-electron chi connectivity index (χ4n) is 3.86. The lowest BCUT2D eigenvalue weighted by atomic mass is 9.99. The van der Waals surface area contributed by atoms with Gasteiger partial charge in [0.05, 0.1) is 5.56 Å². The Bertz CT molecular complexity index is 737. The molecule has 1 unspecified atom stereocenters. The van der Waals surface area contributed by atoms with Crippen LogP contribution in [0.25, 0.3) is 11.1 Å². The molecule has 1 N–H and O–H groups in total. The minimum atomic E-state index is -4.29. The molecule has 0 amide bonds. The maximum Gasteiger partial charge on any atom is 0.416 e. The Kier molecular flexibility index (Phi) is 3.76. The SMILES string of the molecule is FC(F)(F)c1ccc(-c2cccc3c2N2CCNCCC2C3)cc1. The molecule has 2 aliphatic heterocycles. The summed E-state index contributed by atoms with van der Waals surface area (Å²) in [5, 5.41) is 3.42. The highest BCUT2D eigenvalue weighted by Crippen LogP contribution is 2.42. The molecule has 0 spiro atoms. The predicted molar refractivity (Wildman–Crippen MR) is 89.2 cm³/mol. The molecule has 1 fully saturated rings. The predicted octanol–water partition coefficient (Wildman–Crippen LogP) is 4.10. The monoisotopic (exact) mass is 332 g/mol. The number of nitrogens with zero attached hydrogens (tertiary/aromatic N) is 1. The van der Waals surface area contributed by atoms with Gasteiger partial charge in [-0.05, 0) is 42.6 Å². The lowest BCUT2D eigenvalue weighted by Gasteiger charge is -2.26. The maximum atomic E-state index is 12.8. The van der Waals surface area contributed by atoms with Gasteiger partial charge in [-0.2, -0.15) is 13.2 Å². The van der Waals surface area contributed by atoms with Gasteiger partial charge in [-0.3, -0.25) is 0 Å². The Balaban J connectivity index is 1.74. The van der Waals surface area contributed by atoms with E-state index in [2.05, 4.69) is 16.3 Å². The molecule has 1 atom stereocenters. The van der Waals surface area contributed by atoms with Crippen molar-refractivity contribution in [3.63, 3.8) is 0 Å². The molecule has 2 aliphatic rings. The van der Waals surface area contributed by atoms with E-state index in [-0.39, 0.29) is 0 Å². The molecule has 0 bridgehead atoms. The van der Waals surface area contributed by atoms with E-state index in [9.17, 15) is 13.2 Å². The van der Waals surface area contributed by atoms with Gasteiger partial charge in [0.2, 0.25) is 0 Å². The summed E-state index contributed by atoms with van der Waals surface area (Å²) < 4.78 is 38.4. The van der Waals surface area contributed by atoms with Crippen LogP contribution in [-0.4, -0.2) is 25.7 Å². The molecule has 1 saturated heterocycles. The van der Waals surface area contributed by atoms with Gasteiger partial charge in [-0.1, -0.05) is 30.3 Å². The van der Waals surface area contributed by atoms with Gasteiger partial charge in [0, 0.05) is 30.4 Å². The molecule has 126 valence electrons. The zero-order valence-electron chi connectivity index (χ0n) is 13.2. The van der Waals surface area contributed by atoms with E-state index in [0.29, 0.717) is 6.04 Å². The van der Waals surface area contributed by atoms with Crippen molar-refractivity contribution in [1.82, 2.24) is 5.32 Å². The third kappa shape index (κ3) is 2.67. The van der Waals surface area contributed by atoms with Gasteiger partial charge in [0.15, 0.2) is 0 Å². The number of benzene rings is 2. The molecular formula is C19H19F3N2. The average molecular weight is 332 g/mol. The van der Waals surface area contributed by atoms with Crippen LogP contribution in [0.1, 0.15) is 17.5 Å². The van der Waals surface area contributed by atoms with Crippen molar-refractivity contribution < 1.29 is 13.2 Å². The van der Waals surface area contributed by atoms with Crippen LogP contribution in [0.15, 0.2) is 42.5 Å². The van der Waals surface area contributed by atoms with Crippen LogP contribution in [0.2, 0.25) is 0 Å². The van der Waals surface area contributed by atoms with E-state index in [1.807, 2.05) is 12.1 Å². The summed E-state index contributed by atoms with van der Waals surface area (Å²) in [5.41, 5.74) is 3.78. The van der Waals surface area contributed by atoms with Crippen LogP contribution < -0.4 is 10.2 Å².